The van der Waals surface area contributed by atoms with Gasteiger partial charge in [-0.1, -0.05) is 37.0 Å². The standard InChI is InChI=1S/C12H16Cl2N2O/c1-3-15-7-8(2)12(17)16-11-5-9(13)4-10(14)6-11/h4-6,8,15H,3,7H2,1-2H3,(H,16,17). The molecule has 0 saturated carbocycles. The van der Waals surface area contributed by atoms with Crippen LogP contribution in [0.4, 0.5) is 5.69 Å². The number of rotatable bonds is 5. The van der Waals surface area contributed by atoms with Crippen LogP contribution >= 0.6 is 23.2 Å². The minimum absolute atomic E-state index is 0.0516. The van der Waals surface area contributed by atoms with Gasteiger partial charge in [-0.25, -0.2) is 0 Å². The van der Waals surface area contributed by atoms with Crippen molar-refractivity contribution in [3.05, 3.63) is 28.2 Å². The fourth-order valence-electron chi connectivity index (χ4n) is 1.35. The second-order valence-corrected chi connectivity index (χ2v) is 4.73. The highest BCUT2D eigenvalue weighted by molar-refractivity contribution is 6.35. The Hall–Kier alpha value is -0.770. The smallest absolute Gasteiger partial charge is 0.228 e. The van der Waals surface area contributed by atoms with E-state index in [-0.39, 0.29) is 11.8 Å². The second-order valence-electron chi connectivity index (χ2n) is 3.86. The molecule has 0 aliphatic carbocycles. The normalized spacial score (nSPS) is 12.2. The van der Waals surface area contributed by atoms with E-state index < -0.39 is 0 Å². The lowest BCUT2D eigenvalue weighted by Gasteiger charge is -2.12. The predicted octanol–water partition coefficient (Wildman–Crippen LogP) is 3.18. The summed E-state index contributed by atoms with van der Waals surface area (Å²) in [6.07, 6.45) is 0. The molecule has 3 nitrogen and oxygen atoms in total. The summed E-state index contributed by atoms with van der Waals surface area (Å²) in [5.74, 6) is -0.156. The molecule has 2 N–H and O–H groups in total. The van der Waals surface area contributed by atoms with Crippen LogP contribution in [-0.2, 0) is 4.79 Å². The summed E-state index contributed by atoms with van der Waals surface area (Å²) in [5.41, 5.74) is 0.621. The van der Waals surface area contributed by atoms with Gasteiger partial charge in [0.05, 0.1) is 0 Å². The van der Waals surface area contributed by atoms with Crippen LogP contribution in [0.5, 0.6) is 0 Å². The lowest BCUT2D eigenvalue weighted by atomic mass is 10.1. The van der Waals surface area contributed by atoms with Crippen molar-refractivity contribution in [2.75, 3.05) is 18.4 Å². The first-order valence-corrected chi connectivity index (χ1v) is 6.26. The van der Waals surface area contributed by atoms with Gasteiger partial charge in [-0.05, 0) is 24.7 Å². The van der Waals surface area contributed by atoms with Crippen LogP contribution in [0.1, 0.15) is 13.8 Å². The quantitative estimate of drug-likeness (QED) is 0.866. The van der Waals surface area contributed by atoms with Crippen molar-refractivity contribution in [2.24, 2.45) is 5.92 Å². The topological polar surface area (TPSA) is 41.1 Å². The molecular formula is C12H16Cl2N2O. The maximum atomic E-state index is 11.8. The minimum atomic E-state index is -0.104. The van der Waals surface area contributed by atoms with Gasteiger partial charge in [-0.15, -0.1) is 0 Å². The number of benzene rings is 1. The average Bonchev–Trinajstić information content (AvgIpc) is 2.24. The van der Waals surface area contributed by atoms with Crippen molar-refractivity contribution >= 4 is 34.8 Å². The van der Waals surface area contributed by atoms with Crippen LogP contribution in [0.15, 0.2) is 18.2 Å². The molecule has 94 valence electrons. The lowest BCUT2D eigenvalue weighted by molar-refractivity contribution is -0.119. The molecule has 5 heteroatoms. The van der Waals surface area contributed by atoms with Gasteiger partial charge in [0.2, 0.25) is 5.91 Å². The fourth-order valence-corrected chi connectivity index (χ4v) is 1.87. The third kappa shape index (κ3) is 4.94. The van der Waals surface area contributed by atoms with Crippen molar-refractivity contribution in [3.8, 4) is 0 Å². The summed E-state index contributed by atoms with van der Waals surface area (Å²) in [5, 5.41) is 6.92. The maximum Gasteiger partial charge on any atom is 0.228 e. The molecule has 0 heterocycles. The molecular weight excluding hydrogens is 259 g/mol. The molecule has 0 bridgehead atoms. The van der Waals surface area contributed by atoms with Crippen LogP contribution < -0.4 is 10.6 Å². The van der Waals surface area contributed by atoms with Gasteiger partial charge in [-0.2, -0.15) is 0 Å². The fraction of sp³-hybridized carbons (Fsp3) is 0.417. The van der Waals surface area contributed by atoms with Crippen molar-refractivity contribution in [2.45, 2.75) is 13.8 Å². The van der Waals surface area contributed by atoms with Crippen molar-refractivity contribution in [1.29, 1.82) is 0 Å². The van der Waals surface area contributed by atoms with Gasteiger partial charge < -0.3 is 10.6 Å². The molecule has 0 radical (unpaired) electrons. The van der Waals surface area contributed by atoms with E-state index in [1.54, 1.807) is 18.2 Å². The van der Waals surface area contributed by atoms with E-state index in [1.165, 1.54) is 0 Å². The first-order valence-electron chi connectivity index (χ1n) is 5.50. The summed E-state index contributed by atoms with van der Waals surface area (Å²) in [4.78, 5) is 11.8. The molecule has 1 amide bonds. The monoisotopic (exact) mass is 274 g/mol. The van der Waals surface area contributed by atoms with Gasteiger partial charge in [0, 0.05) is 28.2 Å². The molecule has 0 aliphatic heterocycles. The largest absolute Gasteiger partial charge is 0.326 e. The number of halogens is 2. The highest BCUT2D eigenvalue weighted by Gasteiger charge is 2.12. The van der Waals surface area contributed by atoms with Crippen LogP contribution in [0.2, 0.25) is 10.0 Å². The van der Waals surface area contributed by atoms with Crippen molar-refractivity contribution in [3.63, 3.8) is 0 Å². The Morgan fingerprint density at radius 3 is 2.41 bits per heavy atom. The van der Waals surface area contributed by atoms with E-state index >= 15 is 0 Å². The molecule has 1 atom stereocenters. The molecule has 0 spiro atoms. The second kappa shape index (κ2) is 6.84. The van der Waals surface area contributed by atoms with E-state index in [0.717, 1.165) is 6.54 Å². The van der Waals surface area contributed by atoms with Crippen LogP contribution in [-0.4, -0.2) is 19.0 Å². The summed E-state index contributed by atoms with van der Waals surface area (Å²) >= 11 is 11.7. The zero-order valence-corrected chi connectivity index (χ0v) is 11.4. The molecule has 1 aromatic rings. The Bertz CT molecular complexity index is 376. The molecule has 0 fully saturated rings. The van der Waals surface area contributed by atoms with E-state index in [4.69, 9.17) is 23.2 Å². The number of carbonyl (C=O) groups is 1. The van der Waals surface area contributed by atoms with E-state index in [2.05, 4.69) is 10.6 Å². The summed E-state index contributed by atoms with van der Waals surface area (Å²) in [7, 11) is 0. The van der Waals surface area contributed by atoms with Gasteiger partial charge in [0.25, 0.3) is 0 Å². The summed E-state index contributed by atoms with van der Waals surface area (Å²) < 4.78 is 0. The Labute approximate surface area is 111 Å². The molecule has 17 heavy (non-hydrogen) atoms. The number of carbonyl (C=O) groups excluding carboxylic acids is 1. The Balaban J connectivity index is 2.61. The van der Waals surface area contributed by atoms with E-state index in [9.17, 15) is 4.79 Å². The third-order valence-electron chi connectivity index (χ3n) is 2.28. The highest BCUT2D eigenvalue weighted by Crippen LogP contribution is 2.22. The Kier molecular flexibility index (Phi) is 5.75. The van der Waals surface area contributed by atoms with Crippen LogP contribution in [0, 0.1) is 5.92 Å². The number of amides is 1. The highest BCUT2D eigenvalue weighted by atomic mass is 35.5. The minimum Gasteiger partial charge on any atom is -0.326 e. The number of hydrogen-bond donors (Lipinski definition) is 2. The maximum absolute atomic E-state index is 11.8. The molecule has 0 aromatic heterocycles. The number of hydrogen-bond acceptors (Lipinski definition) is 2. The molecule has 0 aliphatic rings. The number of anilines is 1. The van der Waals surface area contributed by atoms with Gasteiger partial charge in [-0.3, -0.25) is 4.79 Å². The Morgan fingerprint density at radius 1 is 1.29 bits per heavy atom. The zero-order chi connectivity index (χ0) is 12.8. The average molecular weight is 275 g/mol. The first kappa shape index (κ1) is 14.3. The third-order valence-corrected chi connectivity index (χ3v) is 2.71. The van der Waals surface area contributed by atoms with Crippen LogP contribution in [0.3, 0.4) is 0 Å². The van der Waals surface area contributed by atoms with Crippen molar-refractivity contribution < 1.29 is 4.79 Å². The van der Waals surface area contributed by atoms with E-state index in [1.807, 2.05) is 13.8 Å². The first-order chi connectivity index (χ1) is 8.02. The predicted molar refractivity (Wildman–Crippen MR) is 72.8 cm³/mol. The molecule has 1 rings (SSSR count). The Morgan fingerprint density at radius 2 is 1.88 bits per heavy atom. The number of nitrogens with one attached hydrogen (secondary N) is 2. The zero-order valence-electron chi connectivity index (χ0n) is 9.89. The van der Waals surface area contributed by atoms with Gasteiger partial charge in [0.1, 0.15) is 0 Å². The lowest BCUT2D eigenvalue weighted by Crippen LogP contribution is -2.30. The molecule has 1 unspecified atom stereocenters. The van der Waals surface area contributed by atoms with E-state index in [0.29, 0.717) is 22.3 Å². The van der Waals surface area contributed by atoms with Gasteiger partial charge in [0.15, 0.2) is 0 Å². The summed E-state index contributed by atoms with van der Waals surface area (Å²) in [6.45, 7) is 5.36. The van der Waals surface area contributed by atoms with Crippen LogP contribution in [0.25, 0.3) is 0 Å². The summed E-state index contributed by atoms with van der Waals surface area (Å²) in [6, 6.07) is 4.97. The van der Waals surface area contributed by atoms with Gasteiger partial charge >= 0.3 is 0 Å². The molecule has 1 aromatic carbocycles. The molecule has 0 saturated heterocycles. The SMILES string of the molecule is CCNCC(C)C(=O)Nc1cc(Cl)cc(Cl)c1. The van der Waals surface area contributed by atoms with Crippen molar-refractivity contribution in [1.82, 2.24) is 5.32 Å².